The molecule has 5 atom stereocenters. The first-order valence-electron chi connectivity index (χ1n) is 12.1. The molecule has 1 saturated heterocycles. The first-order chi connectivity index (χ1) is 20.2. The van der Waals surface area contributed by atoms with Gasteiger partial charge in [0.2, 0.25) is 12.4 Å². The van der Waals surface area contributed by atoms with Gasteiger partial charge in [-0.05, 0) is 12.1 Å². The fraction of sp³-hybridized carbons (Fsp3) is 0.333. The van der Waals surface area contributed by atoms with Crippen LogP contribution >= 0.6 is 0 Å². The molecule has 0 saturated carbocycles. The Hall–Kier alpha value is -5.18. The molecule has 1 fully saturated rings. The zero-order valence-corrected chi connectivity index (χ0v) is 22.3. The van der Waals surface area contributed by atoms with Crippen LogP contribution in [0.4, 0.5) is 14.4 Å². The van der Waals surface area contributed by atoms with Gasteiger partial charge in [-0.3, -0.25) is 4.98 Å². The molecule has 0 spiro atoms. The highest BCUT2D eigenvalue weighted by Crippen LogP contribution is 2.31. The summed E-state index contributed by atoms with van der Waals surface area (Å²) < 4.78 is 46.4. The van der Waals surface area contributed by atoms with Gasteiger partial charge in [0.1, 0.15) is 26.4 Å². The van der Waals surface area contributed by atoms with Crippen LogP contribution in [0.5, 0.6) is 0 Å². The van der Waals surface area contributed by atoms with Crippen molar-refractivity contribution in [1.82, 2.24) is 4.98 Å². The third-order valence-corrected chi connectivity index (χ3v) is 4.86. The second-order valence-corrected chi connectivity index (χ2v) is 7.78. The number of aromatic nitrogens is 1. The molecule has 0 aromatic carbocycles. The summed E-state index contributed by atoms with van der Waals surface area (Å²) in [6, 6.07) is 2.61. The molecule has 1 aromatic rings. The maximum absolute atomic E-state index is 13.0. The number of carbonyl (C=O) groups is 5. The first-order valence-corrected chi connectivity index (χ1v) is 12.1. The molecule has 0 radical (unpaired) electrons. The van der Waals surface area contributed by atoms with Crippen molar-refractivity contribution >= 4 is 30.4 Å². The molecule has 0 N–H and O–H groups in total. The van der Waals surface area contributed by atoms with Gasteiger partial charge in [-0.15, -0.1) is 0 Å². The molecular weight excluding hydrogens is 562 g/mol. The minimum Gasteiger partial charge on any atom is -0.459 e. The van der Waals surface area contributed by atoms with Crippen LogP contribution < -0.4 is 0 Å². The van der Waals surface area contributed by atoms with Crippen molar-refractivity contribution in [3.05, 3.63) is 80.7 Å². The quantitative estimate of drug-likeness (QED) is 0.175. The lowest BCUT2D eigenvalue weighted by Crippen LogP contribution is -2.64. The molecule has 15 nitrogen and oxygen atoms in total. The molecule has 2 rings (SSSR count). The standard InChI is InChI=1S/C27H29NO14/c1-5-13-34-23(30)20-18(39-25(31)35-14-6-2)19(40-26(32)36-15-7-3)21(41-27(33)37-16-8-4)24(38-20)42-22(29)17-9-11-28-12-10-17/h5-12,18-21,24H,1-4,13-16H2/t18-,19-,20-,21+,24-/m0/s1. The minimum absolute atomic E-state index is 0.0124. The summed E-state index contributed by atoms with van der Waals surface area (Å²) in [4.78, 5) is 67.2. The van der Waals surface area contributed by atoms with E-state index in [0.29, 0.717) is 0 Å². The molecule has 0 aliphatic carbocycles. The zero-order chi connectivity index (χ0) is 30.9. The van der Waals surface area contributed by atoms with E-state index >= 15 is 0 Å². The van der Waals surface area contributed by atoms with Gasteiger partial charge < -0.3 is 42.6 Å². The zero-order valence-electron chi connectivity index (χ0n) is 22.3. The van der Waals surface area contributed by atoms with Crippen LogP contribution in [-0.4, -0.2) is 92.5 Å². The van der Waals surface area contributed by atoms with E-state index in [9.17, 15) is 24.0 Å². The molecular formula is C27H29NO14. The molecule has 15 heteroatoms. The van der Waals surface area contributed by atoms with Crippen LogP contribution in [-0.2, 0) is 47.4 Å². The predicted octanol–water partition coefficient (Wildman–Crippen LogP) is 2.82. The Morgan fingerprint density at radius 3 is 1.62 bits per heavy atom. The van der Waals surface area contributed by atoms with Crippen LogP contribution in [0.3, 0.4) is 0 Å². The first kappa shape index (κ1) is 33.0. The van der Waals surface area contributed by atoms with E-state index < -0.39 is 61.1 Å². The van der Waals surface area contributed by atoms with Crippen molar-refractivity contribution in [2.45, 2.75) is 30.7 Å². The number of hydrogen-bond donors (Lipinski definition) is 0. The molecule has 42 heavy (non-hydrogen) atoms. The van der Waals surface area contributed by atoms with Gasteiger partial charge in [0, 0.05) is 12.4 Å². The van der Waals surface area contributed by atoms with E-state index in [4.69, 9.17) is 42.6 Å². The highest BCUT2D eigenvalue weighted by molar-refractivity contribution is 5.89. The van der Waals surface area contributed by atoms with Crippen molar-refractivity contribution in [1.29, 1.82) is 0 Å². The Balaban J connectivity index is 2.58. The van der Waals surface area contributed by atoms with Gasteiger partial charge in [-0.25, -0.2) is 24.0 Å². The normalized spacial score (nSPS) is 20.8. The second kappa shape index (κ2) is 17.5. The van der Waals surface area contributed by atoms with Crippen LogP contribution in [0, 0.1) is 0 Å². The number of hydrogen-bond acceptors (Lipinski definition) is 15. The van der Waals surface area contributed by atoms with Gasteiger partial charge in [-0.1, -0.05) is 50.6 Å². The number of carbonyl (C=O) groups excluding carboxylic acids is 5. The Labute approximate surface area is 240 Å². The number of nitrogens with zero attached hydrogens (tertiary/aromatic N) is 1. The molecule has 1 aliphatic heterocycles. The predicted molar refractivity (Wildman–Crippen MR) is 139 cm³/mol. The van der Waals surface area contributed by atoms with Crippen LogP contribution in [0.2, 0.25) is 0 Å². The van der Waals surface area contributed by atoms with Gasteiger partial charge in [-0.2, -0.15) is 0 Å². The van der Waals surface area contributed by atoms with Gasteiger partial charge in [0.15, 0.2) is 18.3 Å². The topological polar surface area (TPSA) is 181 Å². The van der Waals surface area contributed by atoms with Gasteiger partial charge in [0.25, 0.3) is 0 Å². The van der Waals surface area contributed by atoms with Gasteiger partial charge in [0.05, 0.1) is 5.56 Å². The fourth-order valence-electron chi connectivity index (χ4n) is 3.18. The summed E-state index contributed by atoms with van der Waals surface area (Å²) in [7, 11) is 0. The summed E-state index contributed by atoms with van der Waals surface area (Å²) in [6.07, 6.45) is -6.24. The molecule has 1 aromatic heterocycles. The van der Waals surface area contributed by atoms with E-state index in [1.54, 1.807) is 0 Å². The van der Waals surface area contributed by atoms with Crippen LogP contribution in [0.1, 0.15) is 10.4 Å². The molecule has 2 heterocycles. The van der Waals surface area contributed by atoms with Gasteiger partial charge >= 0.3 is 30.4 Å². The van der Waals surface area contributed by atoms with E-state index in [0.717, 1.165) is 0 Å². The Kier molecular flexibility index (Phi) is 13.8. The lowest BCUT2D eigenvalue weighted by atomic mass is 9.98. The minimum atomic E-state index is -1.97. The average Bonchev–Trinajstić information content (AvgIpc) is 2.99. The van der Waals surface area contributed by atoms with Crippen molar-refractivity contribution in [2.24, 2.45) is 0 Å². The molecule has 226 valence electrons. The third kappa shape index (κ3) is 10.1. The largest absolute Gasteiger partial charge is 0.509 e. The summed E-state index contributed by atoms with van der Waals surface area (Å²) in [5.41, 5.74) is -0.0124. The van der Waals surface area contributed by atoms with E-state index in [1.807, 2.05) is 0 Å². The number of rotatable bonds is 14. The Bertz CT molecular complexity index is 1140. The highest BCUT2D eigenvalue weighted by Gasteiger charge is 2.57. The monoisotopic (exact) mass is 591 g/mol. The van der Waals surface area contributed by atoms with Crippen molar-refractivity contribution < 1.29 is 66.6 Å². The highest BCUT2D eigenvalue weighted by atomic mass is 16.8. The van der Waals surface area contributed by atoms with Crippen molar-refractivity contribution in [2.75, 3.05) is 26.4 Å². The molecule has 1 aliphatic rings. The fourth-order valence-corrected chi connectivity index (χ4v) is 3.18. The summed E-state index contributed by atoms with van der Waals surface area (Å²) in [6.45, 7) is 12.4. The molecule has 0 amide bonds. The maximum atomic E-state index is 13.0. The van der Waals surface area contributed by atoms with E-state index in [1.165, 1.54) is 48.8 Å². The van der Waals surface area contributed by atoms with Crippen molar-refractivity contribution in [3.8, 4) is 0 Å². The smallest absolute Gasteiger partial charge is 0.459 e. The number of pyridine rings is 1. The summed E-state index contributed by atoms with van der Waals surface area (Å²) in [5, 5.41) is 0. The maximum Gasteiger partial charge on any atom is 0.509 e. The van der Waals surface area contributed by atoms with Crippen LogP contribution in [0.25, 0.3) is 0 Å². The summed E-state index contributed by atoms with van der Waals surface area (Å²) >= 11 is 0. The molecule has 0 unspecified atom stereocenters. The number of esters is 2. The lowest BCUT2D eigenvalue weighted by molar-refractivity contribution is -0.283. The Morgan fingerprint density at radius 2 is 1.12 bits per heavy atom. The SMILES string of the molecule is C=CCOC(=O)O[C@@H]1[C@@H](OC(=O)OCC=C)[C@H](OC(=O)c2ccncc2)O[C@H](C(=O)OCC=C)[C@H]1OC(=O)OCC=C. The average molecular weight is 592 g/mol. The lowest BCUT2D eigenvalue weighted by Gasteiger charge is -2.42. The van der Waals surface area contributed by atoms with Crippen LogP contribution in [0.15, 0.2) is 75.1 Å². The van der Waals surface area contributed by atoms with E-state index in [2.05, 4.69) is 31.3 Å². The second-order valence-electron chi connectivity index (χ2n) is 7.78. The van der Waals surface area contributed by atoms with E-state index in [-0.39, 0.29) is 32.0 Å². The third-order valence-electron chi connectivity index (χ3n) is 4.86. The van der Waals surface area contributed by atoms with Crippen molar-refractivity contribution in [3.63, 3.8) is 0 Å². The summed E-state index contributed by atoms with van der Waals surface area (Å²) in [5.74, 6) is -2.19. The molecule has 0 bridgehead atoms. The number of ether oxygens (including phenoxy) is 9. The Morgan fingerprint density at radius 1 is 0.667 bits per heavy atom.